The van der Waals surface area contributed by atoms with Crippen molar-refractivity contribution in [2.75, 3.05) is 10.2 Å². The van der Waals surface area contributed by atoms with Crippen LogP contribution in [0.4, 0.5) is 11.4 Å². The maximum absolute atomic E-state index is 13.0. The second kappa shape index (κ2) is 6.24. The molecule has 0 bridgehead atoms. The Balaban J connectivity index is 1.95. The molecule has 1 N–H and O–H groups in total. The second-order valence-electron chi connectivity index (χ2n) is 5.95. The van der Waals surface area contributed by atoms with Crippen LogP contribution in [-0.4, -0.2) is 17.9 Å². The smallest absolute Gasteiger partial charge is 0.258 e. The van der Waals surface area contributed by atoms with E-state index in [0.717, 1.165) is 18.5 Å². The summed E-state index contributed by atoms with van der Waals surface area (Å²) in [5.41, 5.74) is 3.42. The average molecular weight is 308 g/mol. The molecule has 4 heteroatoms. The van der Waals surface area contributed by atoms with Gasteiger partial charge in [0.1, 0.15) is 0 Å². The number of carbonyl (C=O) groups excluding carboxylic acids is 2. The number of rotatable bonds is 2. The van der Waals surface area contributed by atoms with Crippen LogP contribution in [0.25, 0.3) is 0 Å². The molecule has 0 aromatic heterocycles. The van der Waals surface area contributed by atoms with Crippen molar-refractivity contribution in [1.82, 2.24) is 0 Å². The summed E-state index contributed by atoms with van der Waals surface area (Å²) >= 11 is 0. The standard InChI is InChI=1S/C19H20N2O2/c1-13-10-11-15-6-3-4-9-18(15)21(13)19(23)16-7-5-8-17(12-16)20-14(2)22/h3-9,12-13H,10-11H2,1-2H3,(H,20,22). The Hall–Kier alpha value is -2.62. The highest BCUT2D eigenvalue weighted by Crippen LogP contribution is 2.32. The summed E-state index contributed by atoms with van der Waals surface area (Å²) in [6, 6.07) is 15.3. The molecule has 2 aromatic carbocycles. The van der Waals surface area contributed by atoms with Gasteiger partial charge in [-0.15, -0.1) is 0 Å². The van der Waals surface area contributed by atoms with Gasteiger partial charge in [0.15, 0.2) is 0 Å². The molecule has 2 amide bonds. The molecular formula is C19H20N2O2. The molecule has 1 aliphatic rings. The number of nitrogens with zero attached hydrogens (tertiary/aromatic N) is 1. The number of hydrogen-bond donors (Lipinski definition) is 1. The van der Waals surface area contributed by atoms with Gasteiger partial charge in [-0.3, -0.25) is 9.59 Å². The number of carbonyl (C=O) groups is 2. The lowest BCUT2D eigenvalue weighted by Crippen LogP contribution is -2.42. The first kappa shape index (κ1) is 15.3. The van der Waals surface area contributed by atoms with Crippen LogP contribution in [0.3, 0.4) is 0 Å². The Labute approximate surface area is 136 Å². The van der Waals surface area contributed by atoms with E-state index in [4.69, 9.17) is 0 Å². The Bertz CT molecular complexity index is 755. The van der Waals surface area contributed by atoms with Gasteiger partial charge >= 0.3 is 0 Å². The number of hydrogen-bond acceptors (Lipinski definition) is 2. The van der Waals surface area contributed by atoms with Gasteiger partial charge < -0.3 is 10.2 Å². The van der Waals surface area contributed by atoms with E-state index in [1.165, 1.54) is 12.5 Å². The van der Waals surface area contributed by atoms with Crippen LogP contribution >= 0.6 is 0 Å². The van der Waals surface area contributed by atoms with E-state index in [-0.39, 0.29) is 17.9 Å². The summed E-state index contributed by atoms with van der Waals surface area (Å²) in [5, 5.41) is 2.72. The topological polar surface area (TPSA) is 49.4 Å². The van der Waals surface area contributed by atoms with E-state index in [0.29, 0.717) is 11.3 Å². The van der Waals surface area contributed by atoms with Gasteiger partial charge in [-0.2, -0.15) is 0 Å². The molecule has 3 rings (SSSR count). The lowest BCUT2D eigenvalue weighted by atomic mass is 9.95. The Morgan fingerprint density at radius 2 is 1.91 bits per heavy atom. The summed E-state index contributed by atoms with van der Waals surface area (Å²) in [4.78, 5) is 26.1. The van der Waals surface area contributed by atoms with Crippen LogP contribution in [0.2, 0.25) is 0 Å². The minimum atomic E-state index is -0.147. The van der Waals surface area contributed by atoms with Crippen molar-refractivity contribution in [3.05, 3.63) is 59.7 Å². The van der Waals surface area contributed by atoms with E-state index in [1.807, 2.05) is 23.1 Å². The summed E-state index contributed by atoms with van der Waals surface area (Å²) in [5.74, 6) is -0.178. The summed E-state index contributed by atoms with van der Waals surface area (Å²) in [6.07, 6.45) is 1.95. The van der Waals surface area contributed by atoms with Crippen molar-refractivity contribution in [3.63, 3.8) is 0 Å². The third-order valence-electron chi connectivity index (χ3n) is 4.17. The SMILES string of the molecule is CC(=O)Nc1cccc(C(=O)N2c3ccccc3CCC2C)c1. The highest BCUT2D eigenvalue weighted by Gasteiger charge is 2.28. The van der Waals surface area contributed by atoms with Crippen LogP contribution in [0, 0.1) is 0 Å². The Morgan fingerprint density at radius 1 is 1.13 bits per heavy atom. The van der Waals surface area contributed by atoms with Crippen LogP contribution in [0.1, 0.15) is 36.2 Å². The number of nitrogens with one attached hydrogen (secondary N) is 1. The van der Waals surface area contributed by atoms with E-state index in [9.17, 15) is 9.59 Å². The molecular weight excluding hydrogens is 288 g/mol. The van der Waals surface area contributed by atoms with Crippen molar-refractivity contribution < 1.29 is 9.59 Å². The maximum Gasteiger partial charge on any atom is 0.258 e. The molecule has 0 saturated carbocycles. The minimum absolute atomic E-state index is 0.0307. The van der Waals surface area contributed by atoms with Gasteiger partial charge in [0.2, 0.25) is 5.91 Å². The fourth-order valence-electron chi connectivity index (χ4n) is 3.07. The van der Waals surface area contributed by atoms with Crippen LogP contribution in [0.15, 0.2) is 48.5 Å². The fraction of sp³-hybridized carbons (Fsp3) is 0.263. The molecule has 0 spiro atoms. The first-order chi connectivity index (χ1) is 11.1. The van der Waals surface area contributed by atoms with Gasteiger partial charge in [0.25, 0.3) is 5.91 Å². The van der Waals surface area contributed by atoms with Gasteiger partial charge in [-0.05, 0) is 49.6 Å². The highest BCUT2D eigenvalue weighted by molar-refractivity contribution is 6.08. The largest absolute Gasteiger partial charge is 0.326 e. The van der Waals surface area contributed by atoms with Crippen LogP contribution < -0.4 is 10.2 Å². The van der Waals surface area contributed by atoms with Gasteiger partial charge in [0.05, 0.1) is 0 Å². The molecule has 1 aliphatic heterocycles. The number of para-hydroxylation sites is 1. The van der Waals surface area contributed by atoms with Gasteiger partial charge in [-0.25, -0.2) is 0 Å². The first-order valence-electron chi connectivity index (χ1n) is 7.85. The van der Waals surface area contributed by atoms with E-state index in [2.05, 4.69) is 18.3 Å². The van der Waals surface area contributed by atoms with Crippen LogP contribution in [-0.2, 0) is 11.2 Å². The quantitative estimate of drug-likeness (QED) is 0.921. The first-order valence-corrected chi connectivity index (χ1v) is 7.85. The molecule has 1 atom stereocenters. The van der Waals surface area contributed by atoms with E-state index < -0.39 is 0 Å². The number of fused-ring (bicyclic) bond motifs is 1. The summed E-state index contributed by atoms with van der Waals surface area (Å²) in [6.45, 7) is 3.53. The zero-order valence-electron chi connectivity index (χ0n) is 13.4. The molecule has 2 aromatic rings. The zero-order chi connectivity index (χ0) is 16.4. The molecule has 0 radical (unpaired) electrons. The number of benzene rings is 2. The van der Waals surface area contributed by atoms with Crippen molar-refractivity contribution in [3.8, 4) is 0 Å². The fourth-order valence-corrected chi connectivity index (χ4v) is 3.07. The molecule has 0 saturated heterocycles. The normalized spacial score (nSPS) is 16.6. The maximum atomic E-state index is 13.0. The molecule has 23 heavy (non-hydrogen) atoms. The lowest BCUT2D eigenvalue weighted by Gasteiger charge is -2.35. The predicted octanol–water partition coefficient (Wildman–Crippen LogP) is 3.63. The molecule has 4 nitrogen and oxygen atoms in total. The third-order valence-corrected chi connectivity index (χ3v) is 4.17. The molecule has 0 aliphatic carbocycles. The minimum Gasteiger partial charge on any atom is -0.326 e. The molecule has 0 fully saturated rings. The van der Waals surface area contributed by atoms with Crippen molar-refractivity contribution >= 4 is 23.2 Å². The monoisotopic (exact) mass is 308 g/mol. The van der Waals surface area contributed by atoms with E-state index in [1.54, 1.807) is 24.3 Å². The molecule has 1 unspecified atom stereocenters. The number of aryl methyl sites for hydroxylation is 1. The molecule has 1 heterocycles. The Kier molecular flexibility index (Phi) is 4.15. The van der Waals surface area contributed by atoms with E-state index >= 15 is 0 Å². The predicted molar refractivity (Wildman–Crippen MR) is 91.8 cm³/mol. The lowest BCUT2D eigenvalue weighted by molar-refractivity contribution is -0.114. The van der Waals surface area contributed by atoms with Crippen molar-refractivity contribution in [1.29, 1.82) is 0 Å². The van der Waals surface area contributed by atoms with Crippen LogP contribution in [0.5, 0.6) is 0 Å². The third kappa shape index (κ3) is 3.11. The second-order valence-corrected chi connectivity index (χ2v) is 5.95. The highest BCUT2D eigenvalue weighted by atomic mass is 16.2. The van der Waals surface area contributed by atoms with Gasteiger partial charge in [0, 0.05) is 29.9 Å². The van der Waals surface area contributed by atoms with Gasteiger partial charge in [-0.1, -0.05) is 24.3 Å². The summed E-state index contributed by atoms with van der Waals surface area (Å²) in [7, 11) is 0. The number of amides is 2. The average Bonchev–Trinajstić information content (AvgIpc) is 2.54. The van der Waals surface area contributed by atoms with Crippen molar-refractivity contribution in [2.45, 2.75) is 32.7 Å². The number of anilines is 2. The summed E-state index contributed by atoms with van der Waals surface area (Å²) < 4.78 is 0. The molecule has 118 valence electrons. The zero-order valence-corrected chi connectivity index (χ0v) is 13.4. The van der Waals surface area contributed by atoms with Crippen molar-refractivity contribution in [2.24, 2.45) is 0 Å². The Morgan fingerprint density at radius 3 is 2.70 bits per heavy atom.